The minimum Gasteiger partial charge on any atom is -0.329 e. The number of hydrogen-bond acceptors (Lipinski definition) is 4. The molecule has 1 unspecified atom stereocenters. The van der Waals surface area contributed by atoms with E-state index in [1.807, 2.05) is 24.0 Å². The quantitative estimate of drug-likeness (QED) is 0.848. The molecule has 0 aliphatic carbocycles. The Hall–Kier alpha value is -2.30. The van der Waals surface area contributed by atoms with Crippen molar-refractivity contribution in [2.75, 3.05) is 6.54 Å². The van der Waals surface area contributed by atoms with Gasteiger partial charge in [0.15, 0.2) is 0 Å². The molecule has 0 N–H and O–H groups in total. The van der Waals surface area contributed by atoms with Gasteiger partial charge in [0.25, 0.3) is 5.91 Å². The Labute approximate surface area is 124 Å². The van der Waals surface area contributed by atoms with E-state index < -0.39 is 0 Å². The highest BCUT2D eigenvalue weighted by atomic mass is 16.2. The van der Waals surface area contributed by atoms with Gasteiger partial charge in [0.05, 0.1) is 17.9 Å². The number of rotatable bonds is 2. The molecule has 1 saturated heterocycles. The van der Waals surface area contributed by atoms with Crippen LogP contribution in [0, 0.1) is 12.3 Å². The van der Waals surface area contributed by atoms with Crippen LogP contribution in [-0.4, -0.2) is 32.3 Å². The van der Waals surface area contributed by atoms with Crippen LogP contribution in [-0.2, 0) is 0 Å². The third-order valence-corrected chi connectivity index (χ3v) is 3.91. The first-order valence-electron chi connectivity index (χ1n) is 6.98. The Bertz CT molecular complexity index is 652. The Kier molecular flexibility index (Phi) is 3.20. The number of amides is 1. The first-order chi connectivity index (χ1) is 9.99. The van der Waals surface area contributed by atoms with Crippen LogP contribution in [0.25, 0.3) is 0 Å². The van der Waals surface area contributed by atoms with Crippen LogP contribution >= 0.6 is 0 Å². The van der Waals surface area contributed by atoms with E-state index >= 15 is 0 Å². The number of nitrogens with zero attached hydrogens (tertiary/aromatic N) is 4. The normalized spacial score (nSPS) is 20.0. The minimum absolute atomic E-state index is 0.0507. The highest BCUT2D eigenvalue weighted by molar-refractivity contribution is 5.93. The zero-order chi connectivity index (χ0) is 15.0. The van der Waals surface area contributed by atoms with E-state index in [1.54, 1.807) is 24.8 Å². The van der Waals surface area contributed by atoms with E-state index in [9.17, 15) is 4.79 Å². The molecule has 1 aliphatic rings. The second-order valence-corrected chi connectivity index (χ2v) is 6.15. The molecule has 0 bridgehead atoms. The highest BCUT2D eigenvalue weighted by Gasteiger charge is 2.49. The molecule has 0 spiro atoms. The van der Waals surface area contributed by atoms with Crippen molar-refractivity contribution in [3.8, 4) is 0 Å². The largest absolute Gasteiger partial charge is 0.329 e. The Morgan fingerprint density at radius 3 is 2.52 bits per heavy atom. The zero-order valence-electron chi connectivity index (χ0n) is 12.4. The van der Waals surface area contributed by atoms with Gasteiger partial charge in [-0.25, -0.2) is 4.98 Å². The maximum Gasteiger partial charge on any atom is 0.274 e. The van der Waals surface area contributed by atoms with E-state index in [4.69, 9.17) is 0 Å². The molecule has 2 aromatic rings. The molecular weight excluding hydrogens is 264 g/mol. The number of carbonyl (C=O) groups is 1. The minimum atomic E-state index is -0.0661. The Balaban J connectivity index is 1.89. The van der Waals surface area contributed by atoms with Crippen molar-refractivity contribution < 1.29 is 4.79 Å². The van der Waals surface area contributed by atoms with Gasteiger partial charge < -0.3 is 4.90 Å². The zero-order valence-corrected chi connectivity index (χ0v) is 12.4. The van der Waals surface area contributed by atoms with Crippen LogP contribution in [0.15, 0.2) is 36.9 Å². The lowest BCUT2D eigenvalue weighted by Gasteiger charge is -2.54. The summed E-state index contributed by atoms with van der Waals surface area (Å²) in [5.74, 6) is -0.0661. The molecule has 3 heterocycles. The fourth-order valence-electron chi connectivity index (χ4n) is 2.94. The van der Waals surface area contributed by atoms with Gasteiger partial charge in [-0.05, 0) is 24.6 Å². The summed E-state index contributed by atoms with van der Waals surface area (Å²) < 4.78 is 0. The molecule has 1 fully saturated rings. The Morgan fingerprint density at radius 2 is 1.95 bits per heavy atom. The second kappa shape index (κ2) is 4.91. The summed E-state index contributed by atoms with van der Waals surface area (Å²) >= 11 is 0. The lowest BCUT2D eigenvalue weighted by molar-refractivity contribution is -0.0327. The standard InChI is InChI=1S/C16H18N4O/c1-11-8-19-13(9-18-11)15(21)20-10-16(2,3)14(20)12-4-6-17-7-5-12/h4-9,14H,10H2,1-3H3. The van der Waals surface area contributed by atoms with Gasteiger partial charge in [-0.2, -0.15) is 0 Å². The molecule has 1 aliphatic heterocycles. The lowest BCUT2D eigenvalue weighted by atomic mass is 9.71. The maximum atomic E-state index is 12.6. The summed E-state index contributed by atoms with van der Waals surface area (Å²) in [5.41, 5.74) is 2.36. The molecule has 0 saturated carbocycles. The number of aromatic nitrogens is 3. The molecule has 1 amide bonds. The molecule has 5 heteroatoms. The summed E-state index contributed by atoms with van der Waals surface area (Å²) in [4.78, 5) is 26.9. The van der Waals surface area contributed by atoms with E-state index in [0.717, 1.165) is 11.3 Å². The highest BCUT2D eigenvalue weighted by Crippen LogP contribution is 2.48. The van der Waals surface area contributed by atoms with E-state index in [1.165, 1.54) is 0 Å². The van der Waals surface area contributed by atoms with Gasteiger partial charge >= 0.3 is 0 Å². The first kappa shape index (κ1) is 13.7. The van der Waals surface area contributed by atoms with Gasteiger partial charge in [0.2, 0.25) is 0 Å². The fourth-order valence-corrected chi connectivity index (χ4v) is 2.94. The fraction of sp³-hybridized carbons (Fsp3) is 0.375. The van der Waals surface area contributed by atoms with Gasteiger partial charge in [-0.1, -0.05) is 13.8 Å². The van der Waals surface area contributed by atoms with Gasteiger partial charge in [-0.15, -0.1) is 0 Å². The lowest BCUT2D eigenvalue weighted by Crippen LogP contribution is -2.58. The smallest absolute Gasteiger partial charge is 0.274 e. The molecule has 5 nitrogen and oxygen atoms in total. The first-order valence-corrected chi connectivity index (χ1v) is 6.98. The van der Waals surface area contributed by atoms with Crippen molar-refractivity contribution in [1.82, 2.24) is 19.9 Å². The van der Waals surface area contributed by atoms with Gasteiger partial charge in [0.1, 0.15) is 5.69 Å². The van der Waals surface area contributed by atoms with Crippen LogP contribution in [0.4, 0.5) is 0 Å². The third-order valence-electron chi connectivity index (χ3n) is 3.91. The van der Waals surface area contributed by atoms with Crippen LogP contribution in [0.5, 0.6) is 0 Å². The molecule has 0 radical (unpaired) electrons. The summed E-state index contributed by atoms with van der Waals surface area (Å²) in [7, 11) is 0. The average Bonchev–Trinajstić information content (AvgIpc) is 2.46. The molecule has 3 rings (SSSR count). The van der Waals surface area contributed by atoms with E-state index in [2.05, 4.69) is 28.8 Å². The molecular formula is C16H18N4O. The Morgan fingerprint density at radius 1 is 1.24 bits per heavy atom. The van der Waals surface area contributed by atoms with Crippen molar-refractivity contribution in [2.24, 2.45) is 5.41 Å². The maximum absolute atomic E-state index is 12.6. The summed E-state index contributed by atoms with van der Waals surface area (Å²) in [6.45, 7) is 6.91. The van der Waals surface area contributed by atoms with Crippen LogP contribution in [0.2, 0.25) is 0 Å². The van der Waals surface area contributed by atoms with Crippen LogP contribution < -0.4 is 0 Å². The topological polar surface area (TPSA) is 59.0 Å². The van der Waals surface area contributed by atoms with Crippen molar-refractivity contribution in [1.29, 1.82) is 0 Å². The molecule has 2 aromatic heterocycles. The molecule has 1 atom stereocenters. The van der Waals surface area contributed by atoms with Gasteiger partial charge in [0, 0.05) is 30.6 Å². The third kappa shape index (κ3) is 2.39. The van der Waals surface area contributed by atoms with Crippen molar-refractivity contribution in [3.05, 3.63) is 53.9 Å². The second-order valence-electron chi connectivity index (χ2n) is 6.15. The summed E-state index contributed by atoms with van der Waals surface area (Å²) in [6.07, 6.45) is 6.70. The number of pyridine rings is 1. The predicted octanol–water partition coefficient (Wildman–Crippen LogP) is 2.40. The number of hydrogen-bond donors (Lipinski definition) is 0. The molecule has 108 valence electrons. The number of carbonyl (C=O) groups excluding carboxylic acids is 1. The van der Waals surface area contributed by atoms with Crippen molar-refractivity contribution in [2.45, 2.75) is 26.8 Å². The van der Waals surface area contributed by atoms with E-state index in [-0.39, 0.29) is 17.4 Å². The predicted molar refractivity (Wildman–Crippen MR) is 78.6 cm³/mol. The average molecular weight is 282 g/mol. The monoisotopic (exact) mass is 282 g/mol. The molecule has 0 aromatic carbocycles. The van der Waals surface area contributed by atoms with Gasteiger partial charge in [-0.3, -0.25) is 14.8 Å². The van der Waals surface area contributed by atoms with Crippen molar-refractivity contribution in [3.63, 3.8) is 0 Å². The summed E-state index contributed by atoms with van der Waals surface area (Å²) in [6, 6.07) is 3.98. The van der Waals surface area contributed by atoms with Crippen LogP contribution in [0.1, 0.15) is 41.6 Å². The summed E-state index contributed by atoms with van der Waals surface area (Å²) in [5, 5.41) is 0. The van der Waals surface area contributed by atoms with Crippen molar-refractivity contribution >= 4 is 5.91 Å². The number of aryl methyl sites for hydroxylation is 1. The van der Waals surface area contributed by atoms with E-state index in [0.29, 0.717) is 12.2 Å². The van der Waals surface area contributed by atoms with Crippen LogP contribution in [0.3, 0.4) is 0 Å². The molecule has 21 heavy (non-hydrogen) atoms. The number of likely N-dealkylation sites (tertiary alicyclic amines) is 1. The SMILES string of the molecule is Cc1cnc(C(=O)N2CC(C)(C)C2c2ccncc2)cn1.